The Hall–Kier alpha value is -2.26. The van der Waals surface area contributed by atoms with Crippen LogP contribution in [0.25, 0.3) is 11.2 Å². The molecule has 3 aromatic heterocycles. The largest absolute Gasteiger partial charge is 0.341 e. The van der Waals surface area contributed by atoms with E-state index in [2.05, 4.69) is 35.3 Å². The summed E-state index contributed by atoms with van der Waals surface area (Å²) in [5.74, 6) is 5.70. The number of nitrogens with zero attached hydrogens (tertiary/aromatic N) is 5. The maximum Gasteiger partial charge on any atom is 0.238 e. The Morgan fingerprint density at radius 1 is 1.26 bits per heavy atom. The van der Waals surface area contributed by atoms with Crippen LogP contribution < -0.4 is 11.3 Å². The lowest BCUT2D eigenvalue weighted by molar-refractivity contribution is 0.988. The fraction of sp³-hybridized carbons (Fsp3) is 0.100. The van der Waals surface area contributed by atoms with E-state index in [4.69, 9.17) is 5.84 Å². The van der Waals surface area contributed by atoms with E-state index in [9.17, 15) is 0 Å². The number of fused-ring (bicyclic) bond motifs is 1. The van der Waals surface area contributed by atoms with Gasteiger partial charge in [-0.3, -0.25) is 5.43 Å². The van der Waals surface area contributed by atoms with Crippen LogP contribution in [0.15, 0.2) is 28.8 Å². The van der Waals surface area contributed by atoms with Crippen molar-refractivity contribution < 1.29 is 0 Å². The van der Waals surface area contributed by atoms with Crippen LogP contribution >= 0.6 is 11.8 Å². The van der Waals surface area contributed by atoms with Crippen LogP contribution in [0, 0.1) is 6.92 Å². The summed E-state index contributed by atoms with van der Waals surface area (Å²) >= 11 is 1.40. The van der Waals surface area contributed by atoms with Gasteiger partial charge in [-0.25, -0.2) is 30.8 Å². The number of anilines is 1. The van der Waals surface area contributed by atoms with Gasteiger partial charge in [-0.2, -0.15) is 0 Å². The number of imidazole rings is 1. The minimum atomic E-state index is 0.373. The number of hydrogen-bond donors (Lipinski definition) is 3. The summed E-state index contributed by atoms with van der Waals surface area (Å²) in [6.07, 6.45) is 3.06. The lowest BCUT2D eigenvalue weighted by Gasteiger charge is -2.04. The van der Waals surface area contributed by atoms with Gasteiger partial charge in [0.1, 0.15) is 21.9 Å². The molecule has 0 unspecified atom stereocenters. The molecule has 0 radical (unpaired) electrons. The first-order valence-electron chi connectivity index (χ1n) is 5.40. The monoisotopic (exact) mass is 274 g/mol. The number of aryl methyl sites for hydroxylation is 1. The van der Waals surface area contributed by atoms with E-state index < -0.39 is 0 Å². The molecule has 3 heterocycles. The van der Waals surface area contributed by atoms with Gasteiger partial charge in [0.25, 0.3) is 0 Å². The van der Waals surface area contributed by atoms with E-state index in [1.807, 2.05) is 13.0 Å². The first-order chi connectivity index (χ1) is 9.26. The molecule has 0 aromatic carbocycles. The highest BCUT2D eigenvalue weighted by molar-refractivity contribution is 7.99. The van der Waals surface area contributed by atoms with Gasteiger partial charge in [-0.1, -0.05) is 0 Å². The van der Waals surface area contributed by atoms with E-state index in [0.29, 0.717) is 11.6 Å². The number of nitrogen functional groups attached to an aromatic ring is 1. The first-order valence-corrected chi connectivity index (χ1v) is 6.22. The van der Waals surface area contributed by atoms with Crippen LogP contribution in [0.3, 0.4) is 0 Å². The quantitative estimate of drug-likeness (QED) is 0.366. The van der Waals surface area contributed by atoms with Gasteiger partial charge in [0.15, 0.2) is 5.65 Å². The Morgan fingerprint density at radius 3 is 3.00 bits per heavy atom. The molecule has 0 fully saturated rings. The van der Waals surface area contributed by atoms with Crippen LogP contribution in [0.4, 0.5) is 5.95 Å². The van der Waals surface area contributed by atoms with Gasteiger partial charge in [-0.15, -0.1) is 0 Å². The number of nitrogens with one attached hydrogen (secondary N) is 2. The Labute approximate surface area is 112 Å². The maximum absolute atomic E-state index is 5.33. The smallest absolute Gasteiger partial charge is 0.238 e. The second kappa shape index (κ2) is 4.78. The summed E-state index contributed by atoms with van der Waals surface area (Å²) in [4.78, 5) is 23.8. The van der Waals surface area contributed by atoms with E-state index in [1.54, 1.807) is 6.33 Å². The van der Waals surface area contributed by atoms with Crippen LogP contribution in [0.5, 0.6) is 0 Å². The third-order valence-corrected chi connectivity index (χ3v) is 3.27. The zero-order chi connectivity index (χ0) is 13.2. The van der Waals surface area contributed by atoms with Crippen LogP contribution in [-0.2, 0) is 0 Å². The molecule has 0 saturated carbocycles. The normalized spacial score (nSPS) is 10.8. The van der Waals surface area contributed by atoms with Crippen molar-refractivity contribution in [3.05, 3.63) is 24.4 Å². The number of aromatic nitrogens is 6. The number of nitrogens with two attached hydrogens (primary N) is 1. The van der Waals surface area contributed by atoms with Crippen molar-refractivity contribution in [3.8, 4) is 0 Å². The second-order valence-electron chi connectivity index (χ2n) is 3.70. The van der Waals surface area contributed by atoms with Crippen molar-refractivity contribution in [1.29, 1.82) is 0 Å². The molecule has 3 rings (SSSR count). The topological polar surface area (TPSA) is 118 Å². The molecule has 0 aliphatic carbocycles. The van der Waals surface area contributed by atoms with Crippen molar-refractivity contribution in [2.24, 2.45) is 5.84 Å². The minimum Gasteiger partial charge on any atom is -0.341 e. The fourth-order valence-electron chi connectivity index (χ4n) is 1.58. The van der Waals surface area contributed by atoms with E-state index in [0.717, 1.165) is 21.3 Å². The van der Waals surface area contributed by atoms with Gasteiger partial charge < -0.3 is 4.98 Å². The summed E-state index contributed by atoms with van der Waals surface area (Å²) in [6, 6.07) is 1.86. The summed E-state index contributed by atoms with van der Waals surface area (Å²) < 4.78 is 0. The van der Waals surface area contributed by atoms with Crippen molar-refractivity contribution in [2.45, 2.75) is 17.0 Å². The van der Waals surface area contributed by atoms with E-state index in [1.165, 1.54) is 18.1 Å². The SMILES string of the molecule is Cc1cc(Sc2ncnc3nc[nH]c23)nc(NN)n1. The Morgan fingerprint density at radius 2 is 2.16 bits per heavy atom. The van der Waals surface area contributed by atoms with Crippen molar-refractivity contribution in [2.75, 3.05) is 5.43 Å². The maximum atomic E-state index is 5.33. The summed E-state index contributed by atoms with van der Waals surface area (Å²) in [5, 5.41) is 1.50. The lowest BCUT2D eigenvalue weighted by atomic mass is 10.5. The van der Waals surface area contributed by atoms with Gasteiger partial charge in [0.05, 0.1) is 6.33 Å². The van der Waals surface area contributed by atoms with Crippen molar-refractivity contribution in [1.82, 2.24) is 29.9 Å². The third-order valence-electron chi connectivity index (χ3n) is 2.35. The molecule has 4 N–H and O–H groups in total. The molecule has 0 aliphatic heterocycles. The standard InChI is InChI=1S/C10H10N8S/c1-5-2-6(17-10(16-5)18-11)19-9-7-8(13-3-12-7)14-4-15-9/h2-4H,11H2,1H3,(H,16,17,18)(H,12,13,14,15). The number of H-pyrrole nitrogens is 1. The van der Waals surface area contributed by atoms with Crippen molar-refractivity contribution >= 4 is 28.9 Å². The molecular formula is C10H10N8S. The fourth-order valence-corrected chi connectivity index (χ4v) is 2.49. The zero-order valence-corrected chi connectivity index (χ0v) is 10.8. The molecule has 8 nitrogen and oxygen atoms in total. The second-order valence-corrected chi connectivity index (χ2v) is 4.71. The Balaban J connectivity index is 2.01. The van der Waals surface area contributed by atoms with E-state index in [-0.39, 0.29) is 0 Å². The number of aromatic amines is 1. The summed E-state index contributed by atoms with van der Waals surface area (Å²) in [6.45, 7) is 1.87. The summed E-state index contributed by atoms with van der Waals surface area (Å²) in [7, 11) is 0. The highest BCUT2D eigenvalue weighted by Gasteiger charge is 2.09. The molecular weight excluding hydrogens is 264 g/mol. The van der Waals surface area contributed by atoms with Gasteiger partial charge in [-0.05, 0) is 24.8 Å². The molecule has 0 amide bonds. The molecule has 0 saturated heterocycles. The molecule has 96 valence electrons. The molecule has 9 heteroatoms. The first kappa shape index (κ1) is 11.8. The van der Waals surface area contributed by atoms with Gasteiger partial charge in [0.2, 0.25) is 5.95 Å². The molecule has 0 atom stereocenters. The highest BCUT2D eigenvalue weighted by atomic mass is 32.2. The Kier molecular flexibility index (Phi) is 2.97. The zero-order valence-electron chi connectivity index (χ0n) is 9.95. The van der Waals surface area contributed by atoms with Crippen LogP contribution in [0.2, 0.25) is 0 Å². The van der Waals surface area contributed by atoms with Gasteiger partial charge in [0, 0.05) is 5.69 Å². The highest BCUT2D eigenvalue weighted by Crippen LogP contribution is 2.28. The third kappa shape index (κ3) is 2.33. The lowest BCUT2D eigenvalue weighted by Crippen LogP contribution is -2.11. The van der Waals surface area contributed by atoms with Crippen LogP contribution in [-0.4, -0.2) is 29.9 Å². The van der Waals surface area contributed by atoms with Crippen LogP contribution in [0.1, 0.15) is 5.69 Å². The van der Waals surface area contributed by atoms with Crippen molar-refractivity contribution in [3.63, 3.8) is 0 Å². The average molecular weight is 274 g/mol. The minimum absolute atomic E-state index is 0.373. The number of rotatable bonds is 3. The van der Waals surface area contributed by atoms with E-state index >= 15 is 0 Å². The summed E-state index contributed by atoms with van der Waals surface area (Å²) in [5.41, 5.74) is 4.67. The predicted octanol–water partition coefficient (Wildman–Crippen LogP) is 0.888. The molecule has 0 bridgehead atoms. The number of hydrogen-bond acceptors (Lipinski definition) is 8. The molecule has 19 heavy (non-hydrogen) atoms. The molecule has 3 aromatic rings. The Bertz CT molecular complexity index is 724. The average Bonchev–Trinajstić information content (AvgIpc) is 2.87. The molecule has 0 aliphatic rings. The van der Waals surface area contributed by atoms with Gasteiger partial charge >= 0.3 is 0 Å². The molecule has 0 spiro atoms. The predicted molar refractivity (Wildman–Crippen MR) is 70.4 cm³/mol. The number of hydrazine groups is 1.